The number of benzene rings is 2. The van der Waals surface area contributed by atoms with Crippen LogP contribution in [0.3, 0.4) is 0 Å². The lowest BCUT2D eigenvalue weighted by atomic mass is 10.0. The smallest absolute Gasteiger partial charge is 0.143 e. The maximum Gasteiger partial charge on any atom is 0.143 e. The van der Waals surface area contributed by atoms with Crippen LogP contribution in [0.1, 0.15) is 138 Å². The van der Waals surface area contributed by atoms with Crippen LogP contribution in [0.25, 0.3) is 11.0 Å². The number of hydrogen-bond donors (Lipinski definition) is 1. The molecule has 0 bridgehead atoms. The summed E-state index contributed by atoms with van der Waals surface area (Å²) in [6, 6.07) is 14.3. The standard InChI is InChI=1S/C34H52N2O/c1-4-5-6-7-8-9-10-11-12-13-14-15-16-17-18-22-25-36-32-27-29(3)28(2)26-31(32)35-34(36)33(37)30-23-20-19-21-24-30/h19-21,23-24,26-27,33,37H,4-18,22,25H2,1-3H3. The summed E-state index contributed by atoms with van der Waals surface area (Å²) in [5.41, 5.74) is 5.57. The predicted molar refractivity (Wildman–Crippen MR) is 159 cm³/mol. The van der Waals surface area contributed by atoms with E-state index in [9.17, 15) is 5.11 Å². The van der Waals surface area contributed by atoms with E-state index < -0.39 is 6.10 Å². The Kier molecular flexibility index (Phi) is 13.2. The van der Waals surface area contributed by atoms with E-state index in [1.54, 1.807) is 0 Å². The van der Waals surface area contributed by atoms with E-state index >= 15 is 0 Å². The normalized spacial score (nSPS) is 12.4. The van der Waals surface area contributed by atoms with Gasteiger partial charge in [0.15, 0.2) is 0 Å². The Balaban J connectivity index is 1.37. The van der Waals surface area contributed by atoms with Crippen molar-refractivity contribution in [2.24, 2.45) is 0 Å². The molecule has 0 spiro atoms. The molecule has 1 aromatic heterocycles. The highest BCUT2D eigenvalue weighted by Gasteiger charge is 2.20. The summed E-state index contributed by atoms with van der Waals surface area (Å²) in [5, 5.41) is 11.2. The van der Waals surface area contributed by atoms with Gasteiger partial charge in [-0.3, -0.25) is 0 Å². The van der Waals surface area contributed by atoms with Gasteiger partial charge < -0.3 is 9.67 Å². The molecule has 0 aliphatic heterocycles. The van der Waals surface area contributed by atoms with Crippen molar-refractivity contribution < 1.29 is 5.11 Å². The zero-order valence-corrected chi connectivity index (χ0v) is 24.0. The number of rotatable bonds is 19. The van der Waals surface area contributed by atoms with Gasteiger partial charge in [0.1, 0.15) is 11.9 Å². The lowest BCUT2D eigenvalue weighted by Gasteiger charge is -2.15. The van der Waals surface area contributed by atoms with E-state index in [-0.39, 0.29) is 0 Å². The van der Waals surface area contributed by atoms with Gasteiger partial charge in [0.05, 0.1) is 11.0 Å². The van der Waals surface area contributed by atoms with Crippen LogP contribution in [0, 0.1) is 13.8 Å². The van der Waals surface area contributed by atoms with Gasteiger partial charge in [-0.25, -0.2) is 4.98 Å². The minimum Gasteiger partial charge on any atom is -0.380 e. The maximum absolute atomic E-state index is 11.2. The highest BCUT2D eigenvalue weighted by Crippen LogP contribution is 2.28. The minimum atomic E-state index is -0.699. The van der Waals surface area contributed by atoms with E-state index in [1.807, 2.05) is 30.3 Å². The Hall–Kier alpha value is -2.13. The fourth-order valence-electron chi connectivity index (χ4n) is 5.44. The number of imidazole rings is 1. The second kappa shape index (κ2) is 16.7. The third-order valence-electron chi connectivity index (χ3n) is 7.99. The molecule has 1 atom stereocenters. The van der Waals surface area contributed by atoms with Gasteiger partial charge in [0.25, 0.3) is 0 Å². The Morgan fingerprint density at radius 2 is 1.16 bits per heavy atom. The van der Waals surface area contributed by atoms with Crippen LogP contribution in [0.15, 0.2) is 42.5 Å². The third kappa shape index (κ3) is 9.60. The monoisotopic (exact) mass is 504 g/mol. The molecule has 2 aromatic carbocycles. The number of unbranched alkanes of at least 4 members (excludes halogenated alkanes) is 15. The van der Waals surface area contributed by atoms with Gasteiger partial charge in [0, 0.05) is 6.54 Å². The SMILES string of the molecule is CCCCCCCCCCCCCCCCCCn1c(C(O)c2ccccc2)nc2cc(C)c(C)cc21. The van der Waals surface area contributed by atoms with Crippen molar-refractivity contribution in [1.82, 2.24) is 9.55 Å². The molecule has 3 nitrogen and oxygen atoms in total. The van der Waals surface area contributed by atoms with E-state index in [2.05, 4.69) is 37.5 Å². The Morgan fingerprint density at radius 3 is 1.70 bits per heavy atom. The summed E-state index contributed by atoms with van der Waals surface area (Å²) in [6.07, 6.45) is 21.3. The van der Waals surface area contributed by atoms with Crippen molar-refractivity contribution in [3.8, 4) is 0 Å². The number of nitrogens with zero attached hydrogens (tertiary/aromatic N) is 2. The number of aromatic nitrogens is 2. The van der Waals surface area contributed by atoms with Gasteiger partial charge in [-0.2, -0.15) is 0 Å². The number of aliphatic hydroxyl groups is 1. The number of aliphatic hydroxyl groups excluding tert-OH is 1. The van der Waals surface area contributed by atoms with E-state index in [4.69, 9.17) is 4.98 Å². The van der Waals surface area contributed by atoms with Gasteiger partial charge in [0.2, 0.25) is 0 Å². The van der Waals surface area contributed by atoms with Crippen molar-refractivity contribution in [2.75, 3.05) is 0 Å². The molecule has 3 aromatic rings. The lowest BCUT2D eigenvalue weighted by Crippen LogP contribution is -2.10. The van der Waals surface area contributed by atoms with Crippen molar-refractivity contribution in [3.05, 3.63) is 65.0 Å². The van der Waals surface area contributed by atoms with Crippen LogP contribution in [0.5, 0.6) is 0 Å². The van der Waals surface area contributed by atoms with Gasteiger partial charge in [-0.05, 0) is 49.1 Å². The molecule has 0 aliphatic carbocycles. The molecule has 0 fully saturated rings. The summed E-state index contributed by atoms with van der Waals surface area (Å²) in [5.74, 6) is 0.771. The molecule has 1 unspecified atom stereocenters. The van der Waals surface area contributed by atoms with Crippen LogP contribution < -0.4 is 0 Å². The average Bonchev–Trinajstić information content (AvgIpc) is 3.25. The van der Waals surface area contributed by atoms with Gasteiger partial charge >= 0.3 is 0 Å². The summed E-state index contributed by atoms with van der Waals surface area (Å²) >= 11 is 0. The Bertz CT molecular complexity index is 1020. The maximum atomic E-state index is 11.2. The lowest BCUT2D eigenvalue weighted by molar-refractivity contribution is 0.204. The first-order chi connectivity index (χ1) is 18.1. The molecular formula is C34H52N2O. The van der Waals surface area contributed by atoms with Crippen LogP contribution in [0.4, 0.5) is 0 Å². The molecule has 0 amide bonds. The first kappa shape index (κ1) is 29.4. The molecule has 204 valence electrons. The number of fused-ring (bicyclic) bond motifs is 1. The molecule has 1 heterocycles. The van der Waals surface area contributed by atoms with Crippen LogP contribution >= 0.6 is 0 Å². The van der Waals surface area contributed by atoms with Gasteiger partial charge in [-0.15, -0.1) is 0 Å². The molecule has 37 heavy (non-hydrogen) atoms. The highest BCUT2D eigenvalue weighted by atomic mass is 16.3. The Morgan fingerprint density at radius 1 is 0.676 bits per heavy atom. The van der Waals surface area contributed by atoms with E-state index in [0.717, 1.165) is 35.4 Å². The minimum absolute atomic E-state index is 0.699. The summed E-state index contributed by atoms with van der Waals surface area (Å²) in [4.78, 5) is 4.90. The largest absolute Gasteiger partial charge is 0.380 e. The second-order valence-corrected chi connectivity index (χ2v) is 11.2. The molecular weight excluding hydrogens is 452 g/mol. The van der Waals surface area contributed by atoms with E-state index in [1.165, 1.54) is 107 Å². The predicted octanol–water partition coefficient (Wildman–Crippen LogP) is 10.00. The molecule has 3 rings (SSSR count). The second-order valence-electron chi connectivity index (χ2n) is 11.2. The Labute approximate surface area is 226 Å². The van der Waals surface area contributed by atoms with Crippen molar-refractivity contribution in [2.45, 2.75) is 136 Å². The first-order valence-electron chi connectivity index (χ1n) is 15.3. The van der Waals surface area contributed by atoms with Crippen molar-refractivity contribution in [1.29, 1.82) is 0 Å². The molecule has 1 N–H and O–H groups in total. The molecule has 3 heteroatoms. The summed E-state index contributed by atoms with van der Waals surface area (Å²) < 4.78 is 2.27. The molecule has 0 radical (unpaired) electrons. The molecule has 0 saturated heterocycles. The van der Waals surface area contributed by atoms with Crippen LogP contribution in [0.2, 0.25) is 0 Å². The quantitative estimate of drug-likeness (QED) is 0.165. The number of hydrogen-bond acceptors (Lipinski definition) is 2. The van der Waals surface area contributed by atoms with Crippen LogP contribution in [-0.4, -0.2) is 14.7 Å². The third-order valence-corrected chi connectivity index (χ3v) is 7.99. The number of aryl methyl sites for hydroxylation is 3. The van der Waals surface area contributed by atoms with E-state index in [0.29, 0.717) is 0 Å². The zero-order valence-electron chi connectivity index (χ0n) is 24.0. The van der Waals surface area contributed by atoms with Crippen molar-refractivity contribution >= 4 is 11.0 Å². The summed E-state index contributed by atoms with van der Waals surface area (Å²) in [6.45, 7) is 7.50. The fraction of sp³-hybridized carbons (Fsp3) is 0.618. The fourth-order valence-corrected chi connectivity index (χ4v) is 5.44. The van der Waals surface area contributed by atoms with Crippen molar-refractivity contribution in [3.63, 3.8) is 0 Å². The summed E-state index contributed by atoms with van der Waals surface area (Å²) in [7, 11) is 0. The molecule has 0 saturated carbocycles. The molecule has 0 aliphatic rings. The van der Waals surface area contributed by atoms with Gasteiger partial charge in [-0.1, -0.05) is 134 Å². The zero-order chi connectivity index (χ0) is 26.3. The average molecular weight is 505 g/mol. The topological polar surface area (TPSA) is 38.0 Å². The van der Waals surface area contributed by atoms with Crippen LogP contribution in [-0.2, 0) is 6.54 Å². The first-order valence-corrected chi connectivity index (χ1v) is 15.3. The highest BCUT2D eigenvalue weighted by molar-refractivity contribution is 5.78.